The first kappa shape index (κ1) is 72.9. The Morgan fingerprint density at radius 3 is 0.847 bits per heavy atom. The van der Waals surface area contributed by atoms with Crippen molar-refractivity contribution in [1.82, 2.24) is 39.0 Å². The number of hydrogen-bond acceptors (Lipinski definition) is 8. The van der Waals surface area contributed by atoms with E-state index in [1.165, 1.54) is 66.4 Å². The summed E-state index contributed by atoms with van der Waals surface area (Å²) in [6.45, 7) is 0. The Morgan fingerprint density at radius 2 is 0.468 bits per heavy atom. The van der Waals surface area contributed by atoms with Crippen molar-refractivity contribution in [3.05, 3.63) is 458 Å². The zero-order valence-corrected chi connectivity index (χ0v) is 67.3. The largest absolute Gasteiger partial charge is 0.484 e. The Kier molecular flexibility index (Phi) is 18.3. The van der Waals surface area contributed by atoms with Gasteiger partial charge in [0.2, 0.25) is 0 Å². The number of hydrogen-bond donors (Lipinski definition) is 0. The van der Waals surface area contributed by atoms with Gasteiger partial charge >= 0.3 is 0 Å². The molecular formula is C114H76N8O2. The molecule has 584 valence electrons. The van der Waals surface area contributed by atoms with Gasteiger partial charge in [0.25, 0.3) is 0 Å². The molecule has 0 fully saturated rings. The topological polar surface area (TPSA) is 106 Å². The Balaban J connectivity index is 0.000000143. The van der Waals surface area contributed by atoms with Crippen LogP contribution < -0.4 is 9.47 Å². The molecule has 6 heterocycles. The normalized spacial score (nSPS) is 14.8. The maximum Gasteiger partial charge on any atom is 0.167 e. The molecule has 0 spiro atoms. The maximum absolute atomic E-state index is 7.21. The Labute approximate surface area is 718 Å². The average Bonchev–Trinajstić information content (AvgIpc) is 1.56. The highest BCUT2D eigenvalue weighted by molar-refractivity contribution is 5.95. The third kappa shape index (κ3) is 13.3. The van der Waals surface area contributed by atoms with Crippen molar-refractivity contribution in [3.63, 3.8) is 0 Å². The zero-order valence-electron chi connectivity index (χ0n) is 67.3. The van der Waals surface area contributed by atoms with Crippen LogP contribution in [-0.4, -0.2) is 39.0 Å². The van der Waals surface area contributed by atoms with Gasteiger partial charge in [0.1, 0.15) is 23.7 Å². The van der Waals surface area contributed by atoms with Crippen molar-refractivity contribution in [2.24, 2.45) is 0 Å². The molecule has 2 aliphatic carbocycles. The summed E-state index contributed by atoms with van der Waals surface area (Å²) in [7, 11) is 0. The van der Waals surface area contributed by atoms with Crippen LogP contribution >= 0.6 is 0 Å². The van der Waals surface area contributed by atoms with Gasteiger partial charge in [-0.05, 0) is 146 Å². The monoisotopic (exact) mass is 1590 g/mol. The lowest BCUT2D eigenvalue weighted by Gasteiger charge is -2.22. The summed E-state index contributed by atoms with van der Waals surface area (Å²) in [6, 6.07) is 145. The van der Waals surface area contributed by atoms with E-state index in [9.17, 15) is 0 Å². The van der Waals surface area contributed by atoms with E-state index in [4.69, 9.17) is 39.4 Å². The molecule has 16 aromatic carbocycles. The highest BCUT2D eigenvalue weighted by Gasteiger charge is 2.44. The highest BCUT2D eigenvalue weighted by atomic mass is 16.5. The molecule has 0 radical (unpaired) electrons. The van der Waals surface area contributed by atoms with Crippen LogP contribution in [0.5, 0.6) is 11.5 Å². The first-order valence-corrected chi connectivity index (χ1v) is 42.2. The second-order valence-electron chi connectivity index (χ2n) is 31.8. The van der Waals surface area contributed by atoms with Crippen LogP contribution in [0.25, 0.3) is 180 Å². The zero-order chi connectivity index (χ0) is 82.0. The van der Waals surface area contributed by atoms with E-state index in [2.05, 4.69) is 373 Å². The van der Waals surface area contributed by atoms with Crippen molar-refractivity contribution >= 4 is 34.0 Å². The molecule has 10 heteroatoms. The van der Waals surface area contributed by atoms with E-state index in [1.54, 1.807) is 0 Å². The van der Waals surface area contributed by atoms with Crippen molar-refractivity contribution < 1.29 is 9.47 Å². The fourth-order valence-corrected chi connectivity index (χ4v) is 18.5. The number of aromatic nitrogens is 8. The summed E-state index contributed by atoms with van der Waals surface area (Å²) >= 11 is 0. The second-order valence-corrected chi connectivity index (χ2v) is 31.8. The molecule has 0 N–H and O–H groups in total. The van der Waals surface area contributed by atoms with Crippen LogP contribution in [0.15, 0.2) is 425 Å². The van der Waals surface area contributed by atoms with Crippen molar-refractivity contribution in [1.29, 1.82) is 0 Å². The third-order valence-electron chi connectivity index (χ3n) is 24.5. The fraction of sp³-hybridized carbons (Fsp3) is 0.0351. The van der Waals surface area contributed by atoms with Gasteiger partial charge in [0.15, 0.2) is 34.9 Å². The third-order valence-corrected chi connectivity index (χ3v) is 24.5. The first-order chi connectivity index (χ1) is 61.5. The van der Waals surface area contributed by atoms with Crippen LogP contribution in [-0.2, 0) is 0 Å². The van der Waals surface area contributed by atoms with Gasteiger partial charge in [-0.1, -0.05) is 358 Å². The molecule has 4 aromatic heterocycles. The molecule has 24 rings (SSSR count). The molecule has 10 nitrogen and oxygen atoms in total. The average molecular weight is 1590 g/mol. The van der Waals surface area contributed by atoms with E-state index in [-0.39, 0.29) is 24.0 Å². The van der Waals surface area contributed by atoms with Crippen molar-refractivity contribution in [2.75, 3.05) is 0 Å². The number of fused-ring (bicyclic) bond motifs is 14. The molecule has 0 bridgehead atoms. The van der Waals surface area contributed by atoms with E-state index >= 15 is 0 Å². The first-order valence-electron chi connectivity index (χ1n) is 42.2. The van der Waals surface area contributed by atoms with Crippen molar-refractivity contribution in [3.8, 4) is 158 Å². The maximum atomic E-state index is 7.21. The minimum Gasteiger partial charge on any atom is -0.484 e. The summed E-state index contributed by atoms with van der Waals surface area (Å²) in [5.74, 6) is 5.29. The number of benzene rings is 16. The summed E-state index contributed by atoms with van der Waals surface area (Å²) in [6.07, 6.45) is 8.74. The molecule has 0 saturated carbocycles. The van der Waals surface area contributed by atoms with Crippen LogP contribution in [0, 0.1) is 0 Å². The van der Waals surface area contributed by atoms with Crippen LogP contribution in [0.2, 0.25) is 0 Å². The molecular weight excluding hydrogens is 1510 g/mol. The lowest BCUT2D eigenvalue weighted by molar-refractivity contribution is 0.225. The quantitative estimate of drug-likeness (QED) is 0.106. The second kappa shape index (κ2) is 31.1. The lowest BCUT2D eigenvalue weighted by Crippen LogP contribution is -2.13. The van der Waals surface area contributed by atoms with Gasteiger partial charge in [0, 0.05) is 78.5 Å². The highest BCUT2D eigenvalue weighted by Crippen LogP contribution is 2.58. The summed E-state index contributed by atoms with van der Waals surface area (Å²) in [5.41, 5.74) is 30.9. The van der Waals surface area contributed by atoms with Gasteiger partial charge in [-0.25, -0.2) is 29.9 Å². The SMILES string of the molecule is C1=CC2c3cccc(-c4nc(-c5ccccc5)nc(-c5ccc(-c6ccccc6)cc5)n4)c3OC2c2c1n(-c1ccc(-c3cccc(-c4ccccc4)c3)cc1)c1ccccc21.C1=CC2c3cccc(-c4nc(-c5ccccc5)nc(-c5cccc(-c6ccccc6)c5)n4)c3OC2c2c1n(-c1ccc(-c3cccc(-c4ccccc4)c3)cc1)c1ccccc21. The molecule has 2 aliphatic heterocycles. The van der Waals surface area contributed by atoms with E-state index in [1.807, 2.05) is 72.8 Å². The molecule has 0 amide bonds. The van der Waals surface area contributed by atoms with E-state index < -0.39 is 0 Å². The Hall–Kier alpha value is -16.3. The van der Waals surface area contributed by atoms with Crippen LogP contribution in [0.4, 0.5) is 0 Å². The Bertz CT molecular complexity index is 7520. The number of para-hydroxylation sites is 4. The molecule has 4 unspecified atom stereocenters. The van der Waals surface area contributed by atoms with Crippen LogP contribution in [0.1, 0.15) is 57.7 Å². The van der Waals surface area contributed by atoms with Crippen molar-refractivity contribution in [2.45, 2.75) is 24.0 Å². The summed E-state index contributed by atoms with van der Waals surface area (Å²) < 4.78 is 19.2. The Morgan fingerprint density at radius 1 is 0.210 bits per heavy atom. The van der Waals surface area contributed by atoms with Crippen LogP contribution in [0.3, 0.4) is 0 Å². The standard InChI is InChI=1S/2C57H38N4O/c1-4-15-37(16-5-1)41-21-12-22-42(35-41)39-29-31-45(32-30-39)61-50-28-11-10-25-48(50)52-51(61)34-33-47-46-26-14-27-49(53(46)62-54(47)52)57-59-55(40-19-8-3-9-20-40)58-56(60-57)44-24-13-23-43(36-44)38-17-6-2-7-18-38;1-4-14-37(15-5-1)39-26-28-42(29-27-39)56-58-55(41-18-8-3-9-19-41)59-57(60-56)49-24-13-23-46-47-34-35-51-52(54(47)62-53(46)49)48-22-10-11-25-50(48)61(51)45-32-30-40(31-33-45)44-21-12-20-43(36-44)38-16-6-2-7-17-38/h2*1-36,47,54H. The van der Waals surface area contributed by atoms with Gasteiger partial charge in [0.05, 0.1) is 33.5 Å². The smallest absolute Gasteiger partial charge is 0.167 e. The predicted octanol–water partition coefficient (Wildman–Crippen LogP) is 28.1. The minimum absolute atomic E-state index is 0.0217. The number of ether oxygens (including phenoxy) is 2. The molecule has 124 heavy (non-hydrogen) atoms. The number of rotatable bonds is 14. The molecule has 0 saturated heterocycles. The van der Waals surface area contributed by atoms with Gasteiger partial charge < -0.3 is 18.6 Å². The molecule has 20 aromatic rings. The van der Waals surface area contributed by atoms with E-state index in [0.29, 0.717) is 34.9 Å². The van der Waals surface area contributed by atoms with Gasteiger partial charge in [-0.3, -0.25) is 0 Å². The predicted molar refractivity (Wildman–Crippen MR) is 502 cm³/mol. The lowest BCUT2D eigenvalue weighted by atomic mass is 9.85. The summed E-state index contributed by atoms with van der Waals surface area (Å²) in [5, 5.41) is 2.37. The van der Waals surface area contributed by atoms with Gasteiger partial charge in [-0.15, -0.1) is 0 Å². The molecule has 4 aliphatic rings. The number of nitrogens with zero attached hydrogens (tertiary/aromatic N) is 8. The fourth-order valence-electron chi connectivity index (χ4n) is 18.5. The van der Waals surface area contributed by atoms with Gasteiger partial charge in [-0.2, -0.15) is 0 Å². The summed E-state index contributed by atoms with van der Waals surface area (Å²) in [4.78, 5) is 30.7. The minimum atomic E-state index is -0.227. The molecule has 4 atom stereocenters. The van der Waals surface area contributed by atoms with E-state index in [0.717, 1.165) is 112 Å².